The lowest BCUT2D eigenvalue weighted by Crippen LogP contribution is -1.75. The molecule has 0 saturated heterocycles. The average Bonchev–Trinajstić information content (AvgIpc) is 2.56. The Hall–Kier alpha value is -1.46. The highest BCUT2D eigenvalue weighted by Gasteiger charge is 2.06. The normalized spacial score (nSPS) is 11.8. The largest absolute Gasteiger partial charge is 0.133 e. The van der Waals surface area contributed by atoms with Gasteiger partial charge in [0, 0.05) is 37.6 Å². The maximum absolute atomic E-state index is 2.39. The fourth-order valence-electron chi connectivity index (χ4n) is 2.87. The summed E-state index contributed by atoms with van der Waals surface area (Å²) in [5.41, 5.74) is 2.66. The topological polar surface area (TPSA) is 0 Å². The molecule has 2 heterocycles. The Morgan fingerprint density at radius 2 is 0.750 bits per heavy atom. The molecule has 0 unspecified atom stereocenters. The fraction of sp³-hybridized carbons (Fsp3) is 0.100. The molecule has 0 fully saturated rings. The zero-order chi connectivity index (χ0) is 16.3. The minimum Gasteiger partial charge on any atom is -0.133 e. The van der Waals surface area contributed by atoms with Gasteiger partial charge in [-0.05, 0) is 61.4 Å². The molecule has 4 heteroatoms. The maximum atomic E-state index is 2.39. The van der Waals surface area contributed by atoms with Gasteiger partial charge in [0.2, 0.25) is 0 Å². The number of benzene rings is 3. The molecule has 118 valence electrons. The van der Waals surface area contributed by atoms with Crippen molar-refractivity contribution in [3.63, 3.8) is 0 Å². The first kappa shape index (κ1) is 14.8. The summed E-state index contributed by atoms with van der Waals surface area (Å²) in [5, 5.41) is 0. The van der Waals surface area contributed by atoms with E-state index in [1.807, 2.05) is 45.3 Å². The van der Waals surface area contributed by atoms with Gasteiger partial charge in [-0.1, -0.05) is 12.1 Å². The van der Waals surface area contributed by atoms with Gasteiger partial charge in [0.1, 0.15) is 0 Å². The first-order valence-electron chi connectivity index (χ1n) is 7.76. The van der Waals surface area contributed by atoms with E-state index in [0.717, 1.165) is 0 Å². The van der Waals surface area contributed by atoms with Crippen LogP contribution in [0.15, 0.2) is 48.5 Å². The number of rotatable bonds is 0. The zero-order valence-corrected chi connectivity index (χ0v) is 16.5. The first-order chi connectivity index (χ1) is 11.7. The quantitative estimate of drug-likeness (QED) is 0.236. The van der Waals surface area contributed by atoms with E-state index < -0.39 is 0 Å². The van der Waals surface area contributed by atoms with Crippen molar-refractivity contribution in [1.82, 2.24) is 0 Å². The molecule has 0 aliphatic heterocycles. The van der Waals surface area contributed by atoms with Gasteiger partial charge in [-0.2, -0.15) is 0 Å². The number of fused-ring (bicyclic) bond motifs is 4. The molecule has 0 saturated carbocycles. The van der Waals surface area contributed by atoms with Crippen molar-refractivity contribution in [1.29, 1.82) is 0 Å². The van der Waals surface area contributed by atoms with Crippen molar-refractivity contribution in [2.24, 2.45) is 0 Å². The lowest BCUT2D eigenvalue weighted by Gasteiger charge is -2.06. The lowest BCUT2D eigenvalue weighted by molar-refractivity contribution is 1.52. The molecule has 0 spiro atoms. The van der Waals surface area contributed by atoms with Crippen molar-refractivity contribution < 1.29 is 0 Å². The number of aryl methyl sites for hydroxylation is 2. The van der Waals surface area contributed by atoms with Gasteiger partial charge >= 0.3 is 0 Å². The summed E-state index contributed by atoms with van der Waals surface area (Å²) in [7, 11) is 0. The van der Waals surface area contributed by atoms with Crippen molar-refractivity contribution in [2.45, 2.75) is 13.8 Å². The van der Waals surface area contributed by atoms with Crippen LogP contribution in [0.5, 0.6) is 0 Å². The third-order valence-corrected chi connectivity index (χ3v) is 9.10. The molecule has 0 atom stereocenters. The van der Waals surface area contributed by atoms with Crippen LogP contribution in [0.4, 0.5) is 0 Å². The second kappa shape index (κ2) is 5.53. The Morgan fingerprint density at radius 3 is 1.17 bits per heavy atom. The Bertz CT molecular complexity index is 1180. The predicted octanol–water partition coefficient (Wildman–Crippen LogP) is 8.29. The molecule has 0 aliphatic rings. The number of hydrogen-bond acceptors (Lipinski definition) is 4. The summed E-state index contributed by atoms with van der Waals surface area (Å²) in [6, 6.07) is 18.3. The summed E-state index contributed by atoms with van der Waals surface area (Å²) < 4.78 is 11.1. The predicted molar refractivity (Wildman–Crippen MR) is 115 cm³/mol. The molecule has 0 amide bonds. The Kier molecular flexibility index (Phi) is 3.42. The summed E-state index contributed by atoms with van der Waals surface area (Å²) in [5.74, 6) is 0. The van der Waals surface area contributed by atoms with Crippen molar-refractivity contribution in [3.05, 3.63) is 59.7 Å². The van der Waals surface area contributed by atoms with E-state index in [1.165, 1.54) is 48.7 Å². The Labute approximate surface area is 155 Å². The first-order valence-corrected chi connectivity index (χ1v) is 11.0. The van der Waals surface area contributed by atoms with Gasteiger partial charge < -0.3 is 0 Å². The van der Waals surface area contributed by atoms with Crippen LogP contribution in [0.3, 0.4) is 0 Å². The molecular formula is C20H14S4. The molecule has 24 heavy (non-hydrogen) atoms. The highest BCUT2D eigenvalue weighted by atomic mass is 32.1. The van der Waals surface area contributed by atoms with Crippen LogP contribution in [-0.2, 0) is 0 Å². The molecule has 0 nitrogen and oxygen atoms in total. The molecule has 0 aliphatic carbocycles. The van der Waals surface area contributed by atoms with E-state index in [1.54, 1.807) is 0 Å². The van der Waals surface area contributed by atoms with Crippen LogP contribution in [0.2, 0.25) is 0 Å². The minimum absolute atomic E-state index is 1.33. The third kappa shape index (κ3) is 2.45. The summed E-state index contributed by atoms with van der Waals surface area (Å²) in [4.78, 5) is 0. The maximum Gasteiger partial charge on any atom is 0.0464 e. The molecule has 2 aromatic heterocycles. The van der Waals surface area contributed by atoms with Crippen molar-refractivity contribution in [2.75, 3.05) is 0 Å². The summed E-state index contributed by atoms with van der Waals surface area (Å²) in [6.07, 6.45) is 0. The lowest BCUT2D eigenvalue weighted by atomic mass is 10.2. The SMILES string of the molecule is Cc1ccc2sc3cc4sc5ccc(C)cc5sc4cc3sc2c1. The second-order valence-corrected chi connectivity index (χ2v) is 10.4. The summed E-state index contributed by atoms with van der Waals surface area (Å²) >= 11 is 7.63. The Morgan fingerprint density at radius 1 is 0.417 bits per heavy atom. The van der Waals surface area contributed by atoms with Gasteiger partial charge in [0.15, 0.2) is 0 Å². The van der Waals surface area contributed by atoms with Crippen LogP contribution < -0.4 is 0 Å². The van der Waals surface area contributed by atoms with E-state index in [2.05, 4.69) is 62.4 Å². The monoisotopic (exact) mass is 382 g/mol. The van der Waals surface area contributed by atoms with Crippen LogP contribution in [0.25, 0.3) is 37.6 Å². The molecule has 5 rings (SSSR count). The average molecular weight is 383 g/mol. The van der Waals surface area contributed by atoms with E-state index in [9.17, 15) is 0 Å². The van der Waals surface area contributed by atoms with E-state index in [0.29, 0.717) is 0 Å². The smallest absolute Gasteiger partial charge is 0.0464 e. The minimum atomic E-state index is 1.33. The van der Waals surface area contributed by atoms with Gasteiger partial charge in [0.05, 0.1) is 0 Å². The van der Waals surface area contributed by atoms with Gasteiger partial charge in [-0.3, -0.25) is 0 Å². The molecular weight excluding hydrogens is 368 g/mol. The third-order valence-electron chi connectivity index (χ3n) is 4.09. The van der Waals surface area contributed by atoms with Crippen molar-refractivity contribution in [3.8, 4) is 0 Å². The number of hydrogen-bond donors (Lipinski definition) is 0. The van der Waals surface area contributed by atoms with Gasteiger partial charge in [-0.25, -0.2) is 0 Å². The standard InChI is InChI=1S/C20H14S4/c1-11-3-5-13-15(7-11)23-19-10-20-18(9-17(19)21-13)22-14-6-4-12(2)8-16(14)24-20/h3-10H,1-2H3. The molecule has 0 radical (unpaired) electrons. The molecule has 0 N–H and O–H groups in total. The fourth-order valence-corrected chi connectivity index (χ4v) is 7.73. The molecule has 0 bridgehead atoms. The zero-order valence-electron chi connectivity index (χ0n) is 13.3. The van der Waals surface area contributed by atoms with Crippen LogP contribution in [-0.4, -0.2) is 0 Å². The van der Waals surface area contributed by atoms with E-state index >= 15 is 0 Å². The van der Waals surface area contributed by atoms with E-state index in [4.69, 9.17) is 0 Å². The summed E-state index contributed by atoms with van der Waals surface area (Å²) in [6.45, 7) is 4.33. The van der Waals surface area contributed by atoms with Gasteiger partial charge in [-0.15, -0.1) is 45.3 Å². The van der Waals surface area contributed by atoms with Crippen molar-refractivity contribution >= 4 is 82.9 Å². The molecule has 5 aromatic rings. The van der Waals surface area contributed by atoms with Crippen LogP contribution in [0, 0.1) is 13.8 Å². The van der Waals surface area contributed by atoms with Crippen LogP contribution in [0.1, 0.15) is 11.1 Å². The Balaban J connectivity index is 1.88. The van der Waals surface area contributed by atoms with Crippen LogP contribution >= 0.6 is 45.3 Å². The van der Waals surface area contributed by atoms with Gasteiger partial charge in [0.25, 0.3) is 0 Å². The highest BCUT2D eigenvalue weighted by molar-refractivity contribution is 7.38. The second-order valence-electron chi connectivity index (χ2n) is 6.05. The highest BCUT2D eigenvalue weighted by Crippen LogP contribution is 2.40. The molecule has 3 aromatic carbocycles. The van der Waals surface area contributed by atoms with E-state index in [-0.39, 0.29) is 0 Å².